The topological polar surface area (TPSA) is 40.9 Å². The fraction of sp³-hybridized carbons (Fsp3) is 0.474. The van der Waals surface area contributed by atoms with Gasteiger partial charge in [-0.2, -0.15) is 5.26 Å². The van der Waals surface area contributed by atoms with E-state index in [0.717, 1.165) is 24.7 Å². The molecule has 0 aliphatic rings. The molecule has 0 heterocycles. The van der Waals surface area contributed by atoms with Crippen molar-refractivity contribution >= 4 is 6.29 Å². The summed E-state index contributed by atoms with van der Waals surface area (Å²) in [5, 5.41) is 9.01. The molecule has 2 unspecified atom stereocenters. The summed E-state index contributed by atoms with van der Waals surface area (Å²) in [6.45, 7) is 10.4. The van der Waals surface area contributed by atoms with Crippen molar-refractivity contribution in [2.75, 3.05) is 0 Å². The number of hydrogen-bond donors (Lipinski definition) is 0. The van der Waals surface area contributed by atoms with Crippen LogP contribution in [0.5, 0.6) is 0 Å². The van der Waals surface area contributed by atoms with Crippen LogP contribution in [-0.4, -0.2) is 6.29 Å². The van der Waals surface area contributed by atoms with Gasteiger partial charge in [-0.05, 0) is 62.3 Å². The fourth-order valence-electron chi connectivity index (χ4n) is 2.90. The zero-order valence-electron chi connectivity index (χ0n) is 13.7. The van der Waals surface area contributed by atoms with Crippen molar-refractivity contribution < 1.29 is 4.79 Å². The lowest BCUT2D eigenvalue weighted by Crippen LogP contribution is -2.26. The van der Waals surface area contributed by atoms with E-state index >= 15 is 0 Å². The van der Waals surface area contributed by atoms with Crippen LogP contribution in [0, 0.1) is 24.2 Å². The highest BCUT2D eigenvalue weighted by atomic mass is 16.1. The summed E-state index contributed by atoms with van der Waals surface area (Å²) in [5.41, 5.74) is 4.23. The van der Waals surface area contributed by atoms with Crippen LogP contribution in [0.2, 0.25) is 0 Å². The number of nitriles is 1. The quantitative estimate of drug-likeness (QED) is 0.560. The summed E-state index contributed by atoms with van der Waals surface area (Å²) in [5.74, 6) is 0.0237. The highest BCUT2D eigenvalue weighted by molar-refractivity contribution is 5.53. The number of carbonyl (C=O) groups is 1. The largest absolute Gasteiger partial charge is 0.303 e. The molecule has 0 amide bonds. The smallest absolute Gasteiger partial charge is 0.122 e. The number of allylic oxidation sites excluding steroid dienone is 2. The van der Waals surface area contributed by atoms with Crippen LogP contribution in [0.25, 0.3) is 0 Å². The molecule has 0 fully saturated rings. The fourth-order valence-corrected chi connectivity index (χ4v) is 2.90. The monoisotopic (exact) mass is 283 g/mol. The number of rotatable bonds is 6. The SMILES string of the molecule is CC(C)=CCC(C)(CC(C)C=O)c1ccc(C#N)cc1C. The molecule has 0 aliphatic heterocycles. The molecular formula is C19H25NO. The van der Waals surface area contributed by atoms with Gasteiger partial charge in [0.25, 0.3) is 0 Å². The van der Waals surface area contributed by atoms with Crippen LogP contribution in [0.15, 0.2) is 29.8 Å². The first-order chi connectivity index (χ1) is 9.82. The molecule has 0 aliphatic carbocycles. The summed E-state index contributed by atoms with van der Waals surface area (Å²) in [7, 11) is 0. The van der Waals surface area contributed by atoms with Crippen LogP contribution in [0.3, 0.4) is 0 Å². The summed E-state index contributed by atoms with van der Waals surface area (Å²) in [4.78, 5) is 11.1. The van der Waals surface area contributed by atoms with Gasteiger partial charge in [0.1, 0.15) is 6.29 Å². The van der Waals surface area contributed by atoms with Gasteiger partial charge < -0.3 is 4.79 Å². The van der Waals surface area contributed by atoms with Gasteiger partial charge >= 0.3 is 0 Å². The summed E-state index contributed by atoms with van der Waals surface area (Å²) in [6, 6.07) is 8.03. The first-order valence-electron chi connectivity index (χ1n) is 7.42. The highest BCUT2D eigenvalue weighted by Gasteiger charge is 2.29. The average Bonchev–Trinajstić information content (AvgIpc) is 2.44. The van der Waals surface area contributed by atoms with E-state index in [2.05, 4.69) is 32.9 Å². The van der Waals surface area contributed by atoms with E-state index in [4.69, 9.17) is 5.26 Å². The minimum Gasteiger partial charge on any atom is -0.303 e. The summed E-state index contributed by atoms with van der Waals surface area (Å²) >= 11 is 0. The summed E-state index contributed by atoms with van der Waals surface area (Å²) < 4.78 is 0. The summed E-state index contributed by atoms with van der Waals surface area (Å²) in [6.07, 6.45) is 4.97. The first kappa shape index (κ1) is 17.2. The zero-order valence-corrected chi connectivity index (χ0v) is 13.7. The third kappa shape index (κ3) is 4.56. The van der Waals surface area contributed by atoms with Gasteiger partial charge in [-0.25, -0.2) is 0 Å². The minimum absolute atomic E-state index is 0.0237. The molecule has 21 heavy (non-hydrogen) atoms. The Kier molecular flexibility index (Phi) is 5.90. The van der Waals surface area contributed by atoms with Crippen LogP contribution >= 0.6 is 0 Å². The van der Waals surface area contributed by atoms with E-state index in [0.29, 0.717) is 5.56 Å². The van der Waals surface area contributed by atoms with Gasteiger partial charge in [0.05, 0.1) is 11.6 Å². The molecule has 112 valence electrons. The second-order valence-corrected chi connectivity index (χ2v) is 6.51. The van der Waals surface area contributed by atoms with Crippen molar-refractivity contribution in [3.05, 3.63) is 46.5 Å². The molecule has 1 aromatic rings. The predicted octanol–water partition coefficient (Wildman–Crippen LogP) is 4.71. The van der Waals surface area contributed by atoms with Gasteiger partial charge in [0.2, 0.25) is 0 Å². The lowest BCUT2D eigenvalue weighted by Gasteiger charge is -2.32. The van der Waals surface area contributed by atoms with Crippen LogP contribution < -0.4 is 0 Å². The van der Waals surface area contributed by atoms with Gasteiger partial charge in [-0.3, -0.25) is 0 Å². The zero-order chi connectivity index (χ0) is 16.0. The number of aldehydes is 1. The molecule has 0 radical (unpaired) electrons. The molecule has 1 rings (SSSR count). The average molecular weight is 283 g/mol. The molecule has 2 heteroatoms. The lowest BCUT2D eigenvalue weighted by molar-refractivity contribution is -0.111. The number of benzene rings is 1. The Morgan fingerprint density at radius 1 is 1.43 bits per heavy atom. The molecule has 2 atom stereocenters. The van der Waals surface area contributed by atoms with Crippen molar-refractivity contribution in [2.45, 2.75) is 52.9 Å². The normalized spacial score (nSPS) is 14.7. The van der Waals surface area contributed by atoms with E-state index in [1.165, 1.54) is 11.1 Å². The van der Waals surface area contributed by atoms with E-state index in [9.17, 15) is 4.79 Å². The van der Waals surface area contributed by atoms with E-state index in [-0.39, 0.29) is 11.3 Å². The van der Waals surface area contributed by atoms with E-state index in [1.807, 2.05) is 32.0 Å². The maximum atomic E-state index is 11.1. The van der Waals surface area contributed by atoms with E-state index in [1.54, 1.807) is 0 Å². The van der Waals surface area contributed by atoms with Gasteiger partial charge in [0.15, 0.2) is 0 Å². The molecule has 0 bridgehead atoms. The number of hydrogen-bond acceptors (Lipinski definition) is 2. The Hall–Kier alpha value is -1.88. The maximum Gasteiger partial charge on any atom is 0.122 e. The van der Waals surface area contributed by atoms with Crippen LogP contribution in [-0.2, 0) is 10.2 Å². The molecule has 0 saturated carbocycles. The standard InChI is InChI=1S/C19H25NO/c1-14(2)8-9-19(5,11-15(3)13-21)18-7-6-17(12-20)10-16(18)4/h6-8,10,13,15H,9,11H2,1-5H3. The van der Waals surface area contributed by atoms with Gasteiger partial charge in [-0.15, -0.1) is 0 Å². The Balaban J connectivity index is 3.26. The predicted molar refractivity (Wildman–Crippen MR) is 87.1 cm³/mol. The number of aryl methyl sites for hydroxylation is 1. The Bertz CT molecular complexity index is 576. The van der Waals surface area contributed by atoms with Crippen molar-refractivity contribution in [3.63, 3.8) is 0 Å². The second kappa shape index (κ2) is 7.22. The van der Waals surface area contributed by atoms with Crippen LogP contribution in [0.4, 0.5) is 0 Å². The minimum atomic E-state index is -0.0876. The second-order valence-electron chi connectivity index (χ2n) is 6.51. The van der Waals surface area contributed by atoms with Crippen molar-refractivity contribution in [3.8, 4) is 6.07 Å². The lowest BCUT2D eigenvalue weighted by atomic mass is 9.71. The highest BCUT2D eigenvalue weighted by Crippen LogP contribution is 2.37. The van der Waals surface area contributed by atoms with Gasteiger partial charge in [-0.1, -0.05) is 31.6 Å². The Morgan fingerprint density at radius 2 is 2.10 bits per heavy atom. The van der Waals surface area contributed by atoms with Crippen molar-refractivity contribution in [1.82, 2.24) is 0 Å². The molecule has 1 aromatic carbocycles. The Labute approximate surface area is 128 Å². The number of nitrogens with zero attached hydrogens (tertiary/aromatic N) is 1. The third-order valence-electron chi connectivity index (χ3n) is 3.97. The molecular weight excluding hydrogens is 258 g/mol. The third-order valence-corrected chi connectivity index (χ3v) is 3.97. The number of carbonyl (C=O) groups excluding carboxylic acids is 1. The maximum absolute atomic E-state index is 11.1. The first-order valence-corrected chi connectivity index (χ1v) is 7.42. The Morgan fingerprint density at radius 3 is 2.57 bits per heavy atom. The molecule has 0 aromatic heterocycles. The molecule has 0 N–H and O–H groups in total. The van der Waals surface area contributed by atoms with E-state index < -0.39 is 0 Å². The van der Waals surface area contributed by atoms with Crippen LogP contribution in [0.1, 0.15) is 57.2 Å². The van der Waals surface area contributed by atoms with Gasteiger partial charge in [0, 0.05) is 5.92 Å². The van der Waals surface area contributed by atoms with Crippen molar-refractivity contribution in [2.24, 2.45) is 5.92 Å². The molecule has 0 spiro atoms. The molecule has 0 saturated heterocycles. The molecule has 2 nitrogen and oxygen atoms in total. The van der Waals surface area contributed by atoms with Crippen molar-refractivity contribution in [1.29, 1.82) is 5.26 Å².